The Morgan fingerprint density at radius 1 is 1.28 bits per heavy atom. The molecular formula is C26H31N5O4S. The lowest BCUT2D eigenvalue weighted by atomic mass is 9.91. The highest BCUT2D eigenvalue weighted by atomic mass is 32.1. The van der Waals surface area contributed by atoms with Crippen molar-refractivity contribution in [2.45, 2.75) is 64.8 Å². The monoisotopic (exact) mass is 509 g/mol. The number of nitrogens with zero attached hydrogens (tertiary/aromatic N) is 4. The predicted molar refractivity (Wildman–Crippen MR) is 136 cm³/mol. The topological polar surface area (TPSA) is 113 Å². The number of amidine groups is 1. The van der Waals surface area contributed by atoms with Crippen LogP contribution in [0.2, 0.25) is 0 Å². The average molecular weight is 510 g/mol. The summed E-state index contributed by atoms with van der Waals surface area (Å²) >= 11 is 1.61. The number of aliphatic hydroxyl groups is 1. The van der Waals surface area contributed by atoms with Gasteiger partial charge in [-0.3, -0.25) is 4.79 Å². The second kappa shape index (κ2) is 9.42. The maximum atomic E-state index is 13.7. The number of rotatable bonds is 6. The standard InChI is InChI=1S/C26H31N5O4S/c1-14(2)22(21-10-15(3)29-34-21)25(33)31-12-19(32)11-20(31)24-28-26(5,35-30-24)18-8-6-17(7-9-18)23-16(4)27-13-36-23/h6-10,13-14,19-20,22,32H,11-12H2,1-5H3,(H,28,30)/t19-,20+,22?,26+/m1/s1. The number of hydrogen-bond acceptors (Lipinski definition) is 9. The van der Waals surface area contributed by atoms with Gasteiger partial charge in [-0.1, -0.05) is 43.3 Å². The molecule has 2 N–H and O–H groups in total. The number of amides is 1. The Bertz CT molecular complexity index is 1280. The lowest BCUT2D eigenvalue weighted by Gasteiger charge is -2.29. The molecule has 4 atom stereocenters. The normalized spacial score (nSPS) is 24.8. The van der Waals surface area contributed by atoms with Crippen molar-refractivity contribution in [1.29, 1.82) is 0 Å². The Balaban J connectivity index is 1.40. The van der Waals surface area contributed by atoms with Crippen LogP contribution in [0.1, 0.15) is 55.8 Å². The molecule has 3 aromatic rings. The van der Waals surface area contributed by atoms with Gasteiger partial charge in [-0.05, 0) is 32.3 Å². The molecule has 1 amide bonds. The number of likely N-dealkylation sites (tertiary alicyclic amines) is 1. The number of benzene rings is 1. The lowest BCUT2D eigenvalue weighted by Crippen LogP contribution is -2.46. The molecule has 0 radical (unpaired) electrons. The van der Waals surface area contributed by atoms with E-state index in [2.05, 4.69) is 15.6 Å². The van der Waals surface area contributed by atoms with Crippen LogP contribution in [0.25, 0.3) is 10.4 Å². The molecule has 4 heterocycles. The number of carbonyl (C=O) groups excluding carboxylic acids is 1. The fourth-order valence-corrected chi connectivity index (χ4v) is 5.78. The molecule has 5 rings (SSSR count). The zero-order chi connectivity index (χ0) is 25.6. The van der Waals surface area contributed by atoms with Crippen LogP contribution < -0.4 is 5.48 Å². The molecule has 0 spiro atoms. The first kappa shape index (κ1) is 24.6. The van der Waals surface area contributed by atoms with Gasteiger partial charge in [-0.15, -0.1) is 11.3 Å². The van der Waals surface area contributed by atoms with Gasteiger partial charge in [0.2, 0.25) is 11.6 Å². The highest BCUT2D eigenvalue weighted by Gasteiger charge is 2.45. The molecule has 1 aromatic carbocycles. The Morgan fingerprint density at radius 2 is 2.03 bits per heavy atom. The molecule has 1 saturated heterocycles. The highest BCUT2D eigenvalue weighted by Crippen LogP contribution is 2.36. The van der Waals surface area contributed by atoms with E-state index >= 15 is 0 Å². The number of thiazole rings is 1. The summed E-state index contributed by atoms with van der Waals surface area (Å²) in [4.78, 5) is 31.7. The van der Waals surface area contributed by atoms with Gasteiger partial charge in [-0.25, -0.2) is 20.3 Å². The summed E-state index contributed by atoms with van der Waals surface area (Å²) in [5, 5.41) is 14.5. The summed E-state index contributed by atoms with van der Waals surface area (Å²) in [5.74, 6) is 0.428. The Labute approximate surface area is 214 Å². The molecule has 9 nitrogen and oxygen atoms in total. The van der Waals surface area contributed by atoms with Crippen LogP contribution in [0.3, 0.4) is 0 Å². The van der Waals surface area contributed by atoms with Gasteiger partial charge in [0.15, 0.2) is 0 Å². The molecule has 0 bridgehead atoms. The zero-order valence-corrected chi connectivity index (χ0v) is 21.9. The van der Waals surface area contributed by atoms with Crippen molar-refractivity contribution in [3.8, 4) is 10.4 Å². The summed E-state index contributed by atoms with van der Waals surface area (Å²) in [6.45, 7) is 9.89. The first-order valence-electron chi connectivity index (χ1n) is 12.1. The van der Waals surface area contributed by atoms with Gasteiger partial charge in [0.25, 0.3) is 0 Å². The van der Waals surface area contributed by atoms with E-state index in [0.717, 1.165) is 27.4 Å². The van der Waals surface area contributed by atoms with Crippen LogP contribution >= 0.6 is 11.3 Å². The fourth-order valence-electron chi connectivity index (χ4n) is 4.96. The van der Waals surface area contributed by atoms with Crippen LogP contribution in [-0.4, -0.2) is 50.6 Å². The number of aryl methyl sites for hydroxylation is 2. The molecule has 2 aliphatic heterocycles. The van der Waals surface area contributed by atoms with Crippen LogP contribution in [0.15, 0.2) is 45.4 Å². The van der Waals surface area contributed by atoms with Crippen molar-refractivity contribution in [2.75, 3.05) is 6.54 Å². The van der Waals surface area contributed by atoms with Gasteiger partial charge in [0.05, 0.1) is 33.9 Å². The minimum absolute atomic E-state index is 0.0102. The summed E-state index contributed by atoms with van der Waals surface area (Å²) in [7, 11) is 0. The van der Waals surface area contributed by atoms with Crippen molar-refractivity contribution in [3.05, 3.63) is 58.6 Å². The summed E-state index contributed by atoms with van der Waals surface area (Å²) in [6.07, 6.45) is -0.276. The summed E-state index contributed by atoms with van der Waals surface area (Å²) in [5.41, 5.74) is 7.54. The third-order valence-electron chi connectivity index (χ3n) is 6.88. The van der Waals surface area contributed by atoms with Crippen LogP contribution in [0.5, 0.6) is 0 Å². The van der Waals surface area contributed by atoms with E-state index in [9.17, 15) is 9.90 Å². The van der Waals surface area contributed by atoms with Gasteiger partial charge in [0, 0.05) is 24.6 Å². The Hall–Kier alpha value is -3.08. The molecule has 0 aliphatic carbocycles. The number of aromatic nitrogens is 2. The van der Waals surface area contributed by atoms with E-state index in [1.165, 1.54) is 0 Å². The van der Waals surface area contributed by atoms with E-state index in [-0.39, 0.29) is 18.4 Å². The number of hydroxylamine groups is 1. The molecule has 0 saturated carbocycles. The van der Waals surface area contributed by atoms with E-state index in [0.29, 0.717) is 18.0 Å². The van der Waals surface area contributed by atoms with Crippen molar-refractivity contribution in [2.24, 2.45) is 10.9 Å². The number of β-amino-alcohol motifs (C(OH)–C–C–N with tert-alkyl or cyclic N) is 1. The van der Waals surface area contributed by atoms with Gasteiger partial charge in [0.1, 0.15) is 17.5 Å². The minimum atomic E-state index is -0.960. The molecular weight excluding hydrogens is 478 g/mol. The predicted octanol–water partition coefficient (Wildman–Crippen LogP) is 3.92. The lowest BCUT2D eigenvalue weighted by molar-refractivity contribution is -0.134. The number of aliphatic imine (C=N–C) groups is 1. The Morgan fingerprint density at radius 3 is 2.64 bits per heavy atom. The van der Waals surface area contributed by atoms with Crippen molar-refractivity contribution in [1.82, 2.24) is 20.5 Å². The van der Waals surface area contributed by atoms with Crippen molar-refractivity contribution in [3.63, 3.8) is 0 Å². The van der Waals surface area contributed by atoms with Gasteiger partial charge in [-0.2, -0.15) is 0 Å². The molecule has 2 aromatic heterocycles. The zero-order valence-electron chi connectivity index (χ0n) is 21.1. The largest absolute Gasteiger partial charge is 0.391 e. The van der Waals surface area contributed by atoms with E-state index in [1.54, 1.807) is 22.3 Å². The van der Waals surface area contributed by atoms with Crippen LogP contribution in [0.4, 0.5) is 0 Å². The third-order valence-corrected chi connectivity index (χ3v) is 7.86. The van der Waals surface area contributed by atoms with Crippen molar-refractivity contribution < 1.29 is 19.3 Å². The fraction of sp³-hybridized carbons (Fsp3) is 0.462. The number of carbonyl (C=O) groups is 1. The quantitative estimate of drug-likeness (QED) is 0.518. The first-order chi connectivity index (χ1) is 17.2. The molecule has 36 heavy (non-hydrogen) atoms. The average Bonchev–Trinajstić information content (AvgIpc) is 3.62. The van der Waals surface area contributed by atoms with Crippen LogP contribution in [0, 0.1) is 19.8 Å². The van der Waals surface area contributed by atoms with E-state index in [1.807, 2.05) is 64.4 Å². The van der Waals surface area contributed by atoms with Gasteiger partial charge >= 0.3 is 0 Å². The minimum Gasteiger partial charge on any atom is -0.391 e. The van der Waals surface area contributed by atoms with Crippen molar-refractivity contribution >= 4 is 23.1 Å². The number of hydrogen-bond donors (Lipinski definition) is 2. The maximum absolute atomic E-state index is 13.7. The maximum Gasteiger partial charge on any atom is 0.234 e. The molecule has 190 valence electrons. The highest BCUT2D eigenvalue weighted by molar-refractivity contribution is 7.13. The van der Waals surface area contributed by atoms with Gasteiger partial charge < -0.3 is 14.5 Å². The third kappa shape index (κ3) is 4.44. The second-order valence-corrected chi connectivity index (χ2v) is 10.9. The smallest absolute Gasteiger partial charge is 0.234 e. The van der Waals surface area contributed by atoms with E-state index < -0.39 is 23.8 Å². The molecule has 2 aliphatic rings. The summed E-state index contributed by atoms with van der Waals surface area (Å²) < 4.78 is 5.46. The number of aliphatic hydroxyl groups excluding tert-OH is 1. The number of nitrogens with one attached hydrogen (secondary N) is 1. The van der Waals surface area contributed by atoms with Crippen LogP contribution in [-0.2, 0) is 15.4 Å². The van der Waals surface area contributed by atoms with E-state index in [4.69, 9.17) is 14.4 Å². The molecule has 1 unspecified atom stereocenters. The SMILES string of the molecule is Cc1cc(C(C(=O)N2C[C@H](O)C[C@H]2C2=N[C@](C)(c3ccc(-c4scnc4C)cc3)ON2)C(C)C)on1. The first-order valence-corrected chi connectivity index (χ1v) is 13.0. The second-order valence-electron chi connectivity index (χ2n) is 10.0. The Kier molecular flexibility index (Phi) is 6.44. The molecule has 10 heteroatoms. The molecule has 1 fully saturated rings. The summed E-state index contributed by atoms with van der Waals surface area (Å²) in [6, 6.07) is 9.44.